The van der Waals surface area contributed by atoms with Crippen LogP contribution >= 0.6 is 0 Å². The maximum Gasteiger partial charge on any atom is 0.315 e. The van der Waals surface area contributed by atoms with Gasteiger partial charge in [-0.1, -0.05) is 0 Å². The molecule has 0 saturated heterocycles. The van der Waals surface area contributed by atoms with Gasteiger partial charge in [0.25, 0.3) is 0 Å². The molecule has 0 atom stereocenters. The molecule has 2 N–H and O–H groups in total. The van der Waals surface area contributed by atoms with E-state index in [1.165, 1.54) is 6.26 Å². The summed E-state index contributed by atoms with van der Waals surface area (Å²) in [5.41, 5.74) is 6.38. The molecule has 9 nitrogen and oxygen atoms in total. The molecule has 0 spiro atoms. The van der Waals surface area contributed by atoms with E-state index in [-0.39, 0.29) is 23.5 Å². The van der Waals surface area contributed by atoms with Crippen molar-refractivity contribution in [3.63, 3.8) is 0 Å². The molecule has 0 aliphatic carbocycles. The van der Waals surface area contributed by atoms with Gasteiger partial charge in [-0.05, 0) is 6.07 Å². The number of benzene rings is 1. The highest BCUT2D eigenvalue weighted by Gasteiger charge is 2.23. The first-order valence-electron chi connectivity index (χ1n) is 8.13. The van der Waals surface area contributed by atoms with Crippen LogP contribution in [0, 0.1) is 15.9 Å². The fourth-order valence-corrected chi connectivity index (χ4v) is 3.24. The molecule has 27 heavy (non-hydrogen) atoms. The molecule has 3 heterocycles. The van der Waals surface area contributed by atoms with E-state index < -0.39 is 21.9 Å². The topological polar surface area (TPSA) is 128 Å². The summed E-state index contributed by atoms with van der Waals surface area (Å²) in [6.45, 7) is 1.42. The molecule has 1 aromatic carbocycles. The highest BCUT2D eigenvalue weighted by atomic mass is 19.1. The lowest BCUT2D eigenvalue weighted by Crippen LogP contribution is -2.32. The van der Waals surface area contributed by atoms with Gasteiger partial charge in [0.2, 0.25) is 11.5 Å². The van der Waals surface area contributed by atoms with E-state index in [0.717, 1.165) is 23.4 Å². The summed E-state index contributed by atoms with van der Waals surface area (Å²) >= 11 is 0. The second-order valence-corrected chi connectivity index (χ2v) is 6.31. The summed E-state index contributed by atoms with van der Waals surface area (Å²) in [6, 6.07) is 1.69. The van der Waals surface area contributed by atoms with Crippen molar-refractivity contribution in [1.82, 2.24) is 14.9 Å². The zero-order chi connectivity index (χ0) is 19.1. The van der Waals surface area contributed by atoms with Crippen LogP contribution in [0.25, 0.3) is 11.0 Å². The van der Waals surface area contributed by atoms with Crippen molar-refractivity contribution in [1.29, 1.82) is 0 Å². The van der Waals surface area contributed by atoms with Gasteiger partial charge >= 0.3 is 5.69 Å². The van der Waals surface area contributed by atoms with E-state index in [9.17, 15) is 19.3 Å². The molecule has 0 amide bonds. The van der Waals surface area contributed by atoms with Crippen LogP contribution in [-0.2, 0) is 19.5 Å². The van der Waals surface area contributed by atoms with Gasteiger partial charge in [-0.25, -0.2) is 14.4 Å². The summed E-state index contributed by atoms with van der Waals surface area (Å²) in [5.74, 6) is -0.638. The number of non-ortho nitro benzene ring substituents is 1. The van der Waals surface area contributed by atoms with Gasteiger partial charge in [0.05, 0.1) is 28.3 Å². The van der Waals surface area contributed by atoms with Gasteiger partial charge < -0.3 is 10.2 Å². The molecule has 2 aromatic heterocycles. The van der Waals surface area contributed by atoms with Crippen LogP contribution in [-0.4, -0.2) is 26.3 Å². The van der Waals surface area contributed by atoms with E-state index in [4.69, 9.17) is 10.2 Å². The third-order valence-corrected chi connectivity index (χ3v) is 4.51. The Morgan fingerprint density at radius 3 is 3.00 bits per heavy atom. The average Bonchev–Trinajstić information content (AvgIpc) is 2.64. The molecule has 138 valence electrons. The monoisotopic (exact) mass is 371 g/mol. The summed E-state index contributed by atoms with van der Waals surface area (Å²) in [7, 11) is 0. The lowest BCUT2D eigenvalue weighted by molar-refractivity contribution is -0.383. The number of aromatic nitrogens is 2. The molecular formula is C17H14FN5O4. The number of nitro benzene ring substituents is 1. The van der Waals surface area contributed by atoms with Crippen molar-refractivity contribution in [2.45, 2.75) is 19.5 Å². The van der Waals surface area contributed by atoms with Gasteiger partial charge in [0.1, 0.15) is 5.82 Å². The van der Waals surface area contributed by atoms with Crippen LogP contribution in [0.3, 0.4) is 0 Å². The van der Waals surface area contributed by atoms with Gasteiger partial charge in [0, 0.05) is 43.4 Å². The summed E-state index contributed by atoms with van der Waals surface area (Å²) < 4.78 is 19.0. The number of hydrogen-bond donors (Lipinski definition) is 1. The van der Waals surface area contributed by atoms with Gasteiger partial charge in [-0.15, -0.1) is 0 Å². The number of rotatable bonds is 3. The molecule has 0 bridgehead atoms. The van der Waals surface area contributed by atoms with Crippen molar-refractivity contribution < 1.29 is 13.7 Å². The van der Waals surface area contributed by atoms with Crippen molar-refractivity contribution in [2.24, 2.45) is 0 Å². The maximum absolute atomic E-state index is 13.7. The van der Waals surface area contributed by atoms with Crippen molar-refractivity contribution in [3.8, 4) is 0 Å². The molecule has 0 radical (unpaired) electrons. The smallest absolute Gasteiger partial charge is 0.315 e. The first-order chi connectivity index (χ1) is 12.9. The quantitative estimate of drug-likeness (QED) is 0.545. The van der Waals surface area contributed by atoms with E-state index in [1.807, 2.05) is 4.90 Å². The largest absolute Gasteiger partial charge is 0.456 e. The van der Waals surface area contributed by atoms with E-state index >= 15 is 0 Å². The number of hydrogen-bond acceptors (Lipinski definition) is 8. The second-order valence-electron chi connectivity index (χ2n) is 6.31. The lowest BCUT2D eigenvalue weighted by Gasteiger charge is -2.27. The van der Waals surface area contributed by atoms with Crippen LogP contribution in [0.1, 0.15) is 16.8 Å². The average molecular weight is 371 g/mol. The first kappa shape index (κ1) is 17.0. The van der Waals surface area contributed by atoms with E-state index in [1.54, 1.807) is 6.20 Å². The minimum Gasteiger partial charge on any atom is -0.456 e. The fraction of sp³-hybridized carbons (Fsp3) is 0.235. The SMILES string of the molecule is Nc1ncc2c(n1)CCN(Cc1coc3c([N+](=O)[O-])cc(F)cc3c1=O)C2. The third-order valence-electron chi connectivity index (χ3n) is 4.51. The minimum absolute atomic E-state index is 0.146. The lowest BCUT2D eigenvalue weighted by atomic mass is 10.1. The maximum atomic E-state index is 13.7. The Morgan fingerprint density at radius 1 is 1.41 bits per heavy atom. The van der Waals surface area contributed by atoms with Crippen LogP contribution in [0.2, 0.25) is 0 Å². The zero-order valence-corrected chi connectivity index (χ0v) is 14.0. The molecule has 0 fully saturated rings. The Balaban J connectivity index is 1.67. The highest BCUT2D eigenvalue weighted by molar-refractivity contribution is 5.85. The Labute approximate surface area is 151 Å². The van der Waals surface area contributed by atoms with E-state index in [0.29, 0.717) is 25.1 Å². The molecular weight excluding hydrogens is 357 g/mol. The second kappa shape index (κ2) is 6.40. The number of nitrogen functional groups attached to an aromatic ring is 1. The Morgan fingerprint density at radius 2 is 2.22 bits per heavy atom. The van der Waals surface area contributed by atoms with Crippen molar-refractivity contribution >= 4 is 22.6 Å². The summed E-state index contributed by atoms with van der Waals surface area (Å²) in [6.07, 6.45) is 3.51. The molecule has 0 unspecified atom stereocenters. The number of nitrogens with zero attached hydrogens (tertiary/aromatic N) is 4. The molecule has 10 heteroatoms. The fourth-order valence-electron chi connectivity index (χ4n) is 3.24. The predicted octanol–water partition coefficient (Wildman–Crippen LogP) is 1.77. The Bertz CT molecular complexity index is 1130. The Hall–Kier alpha value is -3.40. The van der Waals surface area contributed by atoms with Crippen LogP contribution in [0.4, 0.5) is 16.0 Å². The van der Waals surface area contributed by atoms with Gasteiger partial charge in [-0.2, -0.15) is 0 Å². The summed E-state index contributed by atoms with van der Waals surface area (Å²) in [4.78, 5) is 33.2. The standard InChI is InChI=1S/C17H14FN5O4/c18-11-3-12-15(24)10(8-27-16(12)14(4-11)23(25)26)7-22-2-1-13-9(6-22)5-20-17(19)21-13/h3-5,8H,1-2,6-7H2,(H2,19,20,21). The third kappa shape index (κ3) is 3.10. The number of fused-ring (bicyclic) bond motifs is 2. The van der Waals surface area contributed by atoms with Crippen molar-refractivity contribution in [2.75, 3.05) is 12.3 Å². The molecule has 4 rings (SSSR count). The highest BCUT2D eigenvalue weighted by Crippen LogP contribution is 2.26. The molecule has 3 aromatic rings. The predicted molar refractivity (Wildman–Crippen MR) is 93.4 cm³/mol. The Kier molecular flexibility index (Phi) is 4.04. The number of halogens is 1. The molecule has 0 saturated carbocycles. The summed E-state index contributed by atoms with van der Waals surface area (Å²) in [5, 5.41) is 10.9. The van der Waals surface area contributed by atoms with E-state index in [2.05, 4.69) is 9.97 Å². The van der Waals surface area contributed by atoms with Crippen LogP contribution < -0.4 is 11.2 Å². The first-order valence-corrected chi connectivity index (χ1v) is 8.13. The molecule has 1 aliphatic heterocycles. The van der Waals surface area contributed by atoms with Crippen LogP contribution in [0.15, 0.2) is 33.8 Å². The normalized spacial score (nSPS) is 14.3. The zero-order valence-electron chi connectivity index (χ0n) is 14.0. The van der Waals surface area contributed by atoms with Crippen LogP contribution in [0.5, 0.6) is 0 Å². The van der Waals surface area contributed by atoms with Crippen molar-refractivity contribution in [3.05, 3.63) is 67.6 Å². The number of nitro groups is 1. The molecule has 1 aliphatic rings. The van der Waals surface area contributed by atoms with Gasteiger partial charge in [-0.3, -0.25) is 19.8 Å². The minimum atomic E-state index is -0.861. The number of nitrogens with two attached hydrogens (primary N) is 1. The number of anilines is 1. The van der Waals surface area contributed by atoms with Gasteiger partial charge in [0.15, 0.2) is 5.43 Å².